The number of likely N-dealkylation sites (tertiary alicyclic amines) is 1. The van der Waals surface area contributed by atoms with E-state index in [1.165, 1.54) is 30.5 Å². The number of carbonyl (C=O) groups is 1. The molecule has 1 fully saturated rings. The zero-order chi connectivity index (χ0) is 24.0. The molecule has 178 valence electrons. The van der Waals surface area contributed by atoms with Crippen LogP contribution in [-0.2, 0) is 27.9 Å². The summed E-state index contributed by atoms with van der Waals surface area (Å²) in [4.78, 5) is 15.1. The number of halogens is 1. The first-order valence-electron chi connectivity index (χ1n) is 11.3. The number of hydrogen-bond acceptors (Lipinski definition) is 4. The summed E-state index contributed by atoms with van der Waals surface area (Å²) in [5.41, 5.74) is 2.51. The van der Waals surface area contributed by atoms with E-state index in [1.54, 1.807) is 30.3 Å². The second-order valence-electron chi connectivity index (χ2n) is 8.38. The molecule has 8 heteroatoms. The van der Waals surface area contributed by atoms with E-state index in [0.29, 0.717) is 12.2 Å². The summed E-state index contributed by atoms with van der Waals surface area (Å²) in [5.74, 6) is -0.964. The van der Waals surface area contributed by atoms with Crippen LogP contribution in [0.15, 0.2) is 83.8 Å². The molecule has 0 unspecified atom stereocenters. The predicted octanol–water partition coefficient (Wildman–Crippen LogP) is 3.93. The second-order valence-corrected chi connectivity index (χ2v) is 10.2. The van der Waals surface area contributed by atoms with Crippen LogP contribution in [-0.4, -0.2) is 38.9 Å². The molecule has 1 amide bonds. The fourth-order valence-electron chi connectivity index (χ4n) is 4.07. The third kappa shape index (κ3) is 6.01. The van der Waals surface area contributed by atoms with Crippen LogP contribution in [0.4, 0.5) is 10.1 Å². The number of rotatable bonds is 9. The summed E-state index contributed by atoms with van der Waals surface area (Å²) in [6.45, 7) is 3.01. The van der Waals surface area contributed by atoms with E-state index >= 15 is 0 Å². The number of sulfonamides is 1. The maximum atomic E-state index is 13.3. The average Bonchev–Trinajstić information content (AvgIpc) is 3.35. The lowest BCUT2D eigenvalue weighted by atomic mass is 10.1. The molecule has 4 rings (SSSR count). The molecule has 1 N–H and O–H groups in total. The lowest BCUT2D eigenvalue weighted by Gasteiger charge is -2.24. The van der Waals surface area contributed by atoms with Crippen molar-refractivity contribution < 1.29 is 17.6 Å². The molecule has 6 nitrogen and oxygen atoms in total. The highest BCUT2D eigenvalue weighted by Crippen LogP contribution is 2.23. The third-order valence-electron chi connectivity index (χ3n) is 5.82. The molecule has 0 saturated carbocycles. The fraction of sp³-hybridized carbons (Fsp3) is 0.269. The van der Waals surface area contributed by atoms with Gasteiger partial charge in [0.25, 0.3) is 10.0 Å². The van der Waals surface area contributed by atoms with Gasteiger partial charge in [-0.1, -0.05) is 42.5 Å². The molecule has 0 aromatic heterocycles. The van der Waals surface area contributed by atoms with Crippen LogP contribution in [0.2, 0.25) is 0 Å². The second kappa shape index (κ2) is 10.8. The molecule has 1 saturated heterocycles. The molecule has 0 atom stereocenters. The van der Waals surface area contributed by atoms with Crippen LogP contribution in [0.1, 0.15) is 24.0 Å². The number of hydrogen-bond donors (Lipinski definition) is 1. The molecule has 0 aliphatic carbocycles. The van der Waals surface area contributed by atoms with Crippen molar-refractivity contribution in [1.29, 1.82) is 0 Å². The Kier molecular flexibility index (Phi) is 7.59. The first-order valence-corrected chi connectivity index (χ1v) is 12.8. The van der Waals surface area contributed by atoms with Crippen molar-refractivity contribution in [3.05, 3.63) is 95.8 Å². The van der Waals surface area contributed by atoms with Crippen LogP contribution in [0.5, 0.6) is 0 Å². The van der Waals surface area contributed by atoms with E-state index in [4.69, 9.17) is 0 Å². The molecular formula is C26H28FN3O3S. The minimum atomic E-state index is -4.07. The molecule has 3 aromatic rings. The van der Waals surface area contributed by atoms with Crippen LogP contribution in [0, 0.1) is 5.82 Å². The van der Waals surface area contributed by atoms with Gasteiger partial charge in [-0.05, 0) is 73.5 Å². The standard InChI is InChI=1S/C26H28FN3O3S/c27-23-11-13-25(14-12-23)34(32,33)30(24-9-2-1-3-10-24)20-26(31)28-18-21-7-6-8-22(17-21)19-29-15-4-5-16-29/h1-3,6-14,17H,4-5,15-16,18-20H2,(H,28,31). The van der Waals surface area contributed by atoms with Gasteiger partial charge in [-0.3, -0.25) is 14.0 Å². The van der Waals surface area contributed by atoms with Crippen LogP contribution >= 0.6 is 0 Å². The average molecular weight is 482 g/mol. The number of carbonyl (C=O) groups excluding carboxylic acids is 1. The highest BCUT2D eigenvalue weighted by Gasteiger charge is 2.27. The SMILES string of the molecule is O=C(CN(c1ccccc1)S(=O)(=O)c1ccc(F)cc1)NCc1cccc(CN2CCCC2)c1. The monoisotopic (exact) mass is 481 g/mol. The van der Waals surface area contributed by atoms with E-state index in [9.17, 15) is 17.6 Å². The Morgan fingerprint density at radius 2 is 1.59 bits per heavy atom. The lowest BCUT2D eigenvalue weighted by molar-refractivity contribution is -0.119. The summed E-state index contributed by atoms with van der Waals surface area (Å²) in [7, 11) is -4.07. The Morgan fingerprint density at radius 3 is 2.29 bits per heavy atom. The normalized spacial score (nSPS) is 14.1. The number of benzene rings is 3. The molecule has 34 heavy (non-hydrogen) atoms. The molecule has 1 aliphatic heterocycles. The molecule has 3 aromatic carbocycles. The Morgan fingerprint density at radius 1 is 0.912 bits per heavy atom. The zero-order valence-electron chi connectivity index (χ0n) is 18.9. The van der Waals surface area contributed by atoms with E-state index in [2.05, 4.69) is 22.3 Å². The van der Waals surface area contributed by atoms with Crippen molar-refractivity contribution in [3.8, 4) is 0 Å². The van der Waals surface area contributed by atoms with Gasteiger partial charge in [0, 0.05) is 13.1 Å². The van der Waals surface area contributed by atoms with Gasteiger partial charge < -0.3 is 5.32 Å². The van der Waals surface area contributed by atoms with Gasteiger partial charge in [-0.2, -0.15) is 0 Å². The largest absolute Gasteiger partial charge is 0.350 e. The van der Waals surface area contributed by atoms with Crippen LogP contribution in [0.3, 0.4) is 0 Å². The van der Waals surface area contributed by atoms with Gasteiger partial charge >= 0.3 is 0 Å². The number of amides is 1. The fourth-order valence-corrected chi connectivity index (χ4v) is 5.49. The van der Waals surface area contributed by atoms with Crippen molar-refractivity contribution in [2.24, 2.45) is 0 Å². The number of anilines is 1. The maximum absolute atomic E-state index is 13.3. The first-order chi connectivity index (χ1) is 16.4. The van der Waals surface area contributed by atoms with Gasteiger partial charge in [0.15, 0.2) is 0 Å². The van der Waals surface area contributed by atoms with Gasteiger partial charge in [-0.25, -0.2) is 12.8 Å². The predicted molar refractivity (Wildman–Crippen MR) is 130 cm³/mol. The Labute approximate surface area is 200 Å². The van der Waals surface area contributed by atoms with Crippen molar-refractivity contribution in [3.63, 3.8) is 0 Å². The lowest BCUT2D eigenvalue weighted by Crippen LogP contribution is -2.40. The number of nitrogens with one attached hydrogen (secondary N) is 1. The van der Waals surface area contributed by atoms with Gasteiger partial charge in [0.05, 0.1) is 10.6 Å². The van der Waals surface area contributed by atoms with Gasteiger partial charge in [0.1, 0.15) is 12.4 Å². The molecule has 0 spiro atoms. The highest BCUT2D eigenvalue weighted by atomic mass is 32.2. The summed E-state index contributed by atoms with van der Waals surface area (Å²) >= 11 is 0. The first kappa shape index (κ1) is 23.9. The van der Waals surface area contributed by atoms with Crippen LogP contribution < -0.4 is 9.62 Å². The zero-order valence-corrected chi connectivity index (χ0v) is 19.7. The van der Waals surface area contributed by atoms with E-state index in [1.807, 2.05) is 12.1 Å². The van der Waals surface area contributed by atoms with E-state index in [0.717, 1.165) is 41.6 Å². The molecule has 1 heterocycles. The number of nitrogens with zero attached hydrogens (tertiary/aromatic N) is 2. The summed E-state index contributed by atoms with van der Waals surface area (Å²) < 4.78 is 40.9. The van der Waals surface area contributed by atoms with Crippen molar-refractivity contribution in [2.75, 3.05) is 23.9 Å². The van der Waals surface area contributed by atoms with E-state index in [-0.39, 0.29) is 4.90 Å². The third-order valence-corrected chi connectivity index (χ3v) is 7.61. The highest BCUT2D eigenvalue weighted by molar-refractivity contribution is 7.92. The van der Waals surface area contributed by atoms with Gasteiger partial charge in [-0.15, -0.1) is 0 Å². The Hall–Kier alpha value is -3.23. The van der Waals surface area contributed by atoms with Crippen LogP contribution in [0.25, 0.3) is 0 Å². The van der Waals surface area contributed by atoms with Crippen molar-refractivity contribution >= 4 is 21.6 Å². The summed E-state index contributed by atoms with van der Waals surface area (Å²) in [6.07, 6.45) is 2.46. The summed E-state index contributed by atoms with van der Waals surface area (Å²) in [5, 5.41) is 2.83. The van der Waals surface area contributed by atoms with Crippen molar-refractivity contribution in [1.82, 2.24) is 10.2 Å². The van der Waals surface area contributed by atoms with E-state index < -0.39 is 28.3 Å². The molecule has 1 aliphatic rings. The summed E-state index contributed by atoms with van der Waals surface area (Å²) in [6, 6.07) is 21.1. The minimum absolute atomic E-state index is 0.0832. The Bertz CT molecular complexity index is 1210. The van der Waals surface area contributed by atoms with Crippen molar-refractivity contribution in [2.45, 2.75) is 30.8 Å². The number of para-hydroxylation sites is 1. The van der Waals surface area contributed by atoms with Gasteiger partial charge in [0.2, 0.25) is 5.91 Å². The Balaban J connectivity index is 1.46. The molecule has 0 bridgehead atoms. The topological polar surface area (TPSA) is 69.7 Å². The minimum Gasteiger partial charge on any atom is -0.350 e. The smallest absolute Gasteiger partial charge is 0.264 e. The molecule has 0 radical (unpaired) electrons. The quantitative estimate of drug-likeness (QED) is 0.503. The molecular weight excluding hydrogens is 453 g/mol. The maximum Gasteiger partial charge on any atom is 0.264 e.